The van der Waals surface area contributed by atoms with Crippen LogP contribution in [0, 0.1) is 5.92 Å². The fourth-order valence-corrected chi connectivity index (χ4v) is 2.71. The van der Waals surface area contributed by atoms with Crippen LogP contribution >= 0.6 is 0 Å². The lowest BCUT2D eigenvalue weighted by atomic mass is 10.0. The third-order valence-corrected chi connectivity index (χ3v) is 4.00. The van der Waals surface area contributed by atoms with Gasteiger partial charge in [0.2, 0.25) is 0 Å². The van der Waals surface area contributed by atoms with Crippen LogP contribution < -0.4 is 5.56 Å². The minimum Gasteiger partial charge on any atom is -0.507 e. The van der Waals surface area contributed by atoms with Crippen molar-refractivity contribution in [3.05, 3.63) is 46.6 Å². The molecular formula is C16H15F3N2O3. The summed E-state index contributed by atoms with van der Waals surface area (Å²) in [4.78, 5) is 16.5. The monoisotopic (exact) mass is 340 g/mol. The molecule has 2 aromatic rings. The van der Waals surface area contributed by atoms with Crippen LogP contribution in [0.3, 0.4) is 0 Å². The summed E-state index contributed by atoms with van der Waals surface area (Å²) in [7, 11) is 0. The maximum atomic E-state index is 12.7. The van der Waals surface area contributed by atoms with Crippen LogP contribution in [0.25, 0.3) is 11.1 Å². The van der Waals surface area contributed by atoms with E-state index in [-0.39, 0.29) is 17.0 Å². The molecule has 0 amide bonds. The van der Waals surface area contributed by atoms with E-state index in [1.165, 1.54) is 17.1 Å². The van der Waals surface area contributed by atoms with Crippen molar-refractivity contribution in [2.45, 2.75) is 19.1 Å². The van der Waals surface area contributed by atoms with Crippen LogP contribution in [0.4, 0.5) is 13.2 Å². The fourth-order valence-electron chi connectivity index (χ4n) is 2.71. The van der Waals surface area contributed by atoms with E-state index >= 15 is 0 Å². The molecule has 3 rings (SSSR count). The quantitative estimate of drug-likeness (QED) is 0.933. The Kier molecular flexibility index (Phi) is 4.31. The van der Waals surface area contributed by atoms with Gasteiger partial charge in [0.1, 0.15) is 5.75 Å². The molecule has 0 unspecified atom stereocenters. The molecular weight excluding hydrogens is 325 g/mol. The van der Waals surface area contributed by atoms with Crippen molar-refractivity contribution >= 4 is 0 Å². The summed E-state index contributed by atoms with van der Waals surface area (Å²) >= 11 is 0. The van der Waals surface area contributed by atoms with Gasteiger partial charge in [-0.3, -0.25) is 9.36 Å². The standard InChI is InChI=1S/C16H15F3N2O3/c17-16(18,19)11-1-2-12(14(22)5-11)13-6-20-9-21(15(13)23)7-10-3-4-24-8-10/h1-2,5-6,9-10,22H,3-4,7-8H2/t10-/m1/s1. The maximum Gasteiger partial charge on any atom is 0.416 e. The van der Waals surface area contributed by atoms with Crippen LogP contribution in [-0.2, 0) is 17.5 Å². The molecule has 0 aliphatic carbocycles. The molecule has 1 atom stereocenters. The van der Waals surface area contributed by atoms with Gasteiger partial charge in [-0.2, -0.15) is 13.2 Å². The zero-order valence-electron chi connectivity index (χ0n) is 12.6. The smallest absolute Gasteiger partial charge is 0.416 e. The van der Waals surface area contributed by atoms with E-state index in [2.05, 4.69) is 4.98 Å². The van der Waals surface area contributed by atoms with E-state index in [1.54, 1.807) is 0 Å². The van der Waals surface area contributed by atoms with Gasteiger partial charge in [0.15, 0.2) is 0 Å². The van der Waals surface area contributed by atoms with Gasteiger partial charge < -0.3 is 9.84 Å². The highest BCUT2D eigenvalue weighted by Crippen LogP contribution is 2.35. The normalized spacial score (nSPS) is 18.0. The van der Waals surface area contributed by atoms with Gasteiger partial charge in [0.05, 0.1) is 24.1 Å². The number of hydrogen-bond acceptors (Lipinski definition) is 4. The summed E-state index contributed by atoms with van der Waals surface area (Å²) in [5, 5.41) is 9.91. The summed E-state index contributed by atoms with van der Waals surface area (Å²) in [6.07, 6.45) is -1.10. The van der Waals surface area contributed by atoms with E-state index in [4.69, 9.17) is 4.74 Å². The van der Waals surface area contributed by atoms with Crippen LogP contribution in [0.5, 0.6) is 5.75 Å². The van der Waals surface area contributed by atoms with Gasteiger partial charge in [-0.25, -0.2) is 4.98 Å². The van der Waals surface area contributed by atoms with Crippen LogP contribution in [0.2, 0.25) is 0 Å². The Balaban J connectivity index is 1.96. The Labute approximate surface area is 135 Å². The van der Waals surface area contributed by atoms with Crippen molar-refractivity contribution in [3.8, 4) is 16.9 Å². The van der Waals surface area contributed by atoms with Crippen molar-refractivity contribution in [2.24, 2.45) is 5.92 Å². The van der Waals surface area contributed by atoms with Crippen LogP contribution in [0.15, 0.2) is 35.5 Å². The van der Waals surface area contributed by atoms with Gasteiger partial charge in [0.25, 0.3) is 5.56 Å². The zero-order chi connectivity index (χ0) is 17.3. The lowest BCUT2D eigenvalue weighted by Gasteiger charge is -2.13. The number of phenolic OH excluding ortho intramolecular Hbond substituents is 1. The Morgan fingerprint density at radius 2 is 2.12 bits per heavy atom. The number of ether oxygens (including phenoxy) is 1. The fraction of sp³-hybridized carbons (Fsp3) is 0.375. The van der Waals surface area contributed by atoms with Gasteiger partial charge >= 0.3 is 6.18 Å². The molecule has 24 heavy (non-hydrogen) atoms. The molecule has 2 heterocycles. The Bertz CT molecular complexity index is 796. The number of benzene rings is 1. The molecule has 1 N–H and O–H groups in total. The summed E-state index contributed by atoms with van der Waals surface area (Å²) in [5.74, 6) is -0.411. The SMILES string of the molecule is O=c1c(-c2ccc(C(F)(F)F)cc2O)cncn1C[C@H]1CCOC1. The number of rotatable bonds is 3. The molecule has 0 bridgehead atoms. The van der Waals surface area contributed by atoms with Crippen molar-refractivity contribution in [1.29, 1.82) is 0 Å². The van der Waals surface area contributed by atoms with E-state index < -0.39 is 23.0 Å². The minimum absolute atomic E-state index is 0.0255. The molecule has 128 valence electrons. The van der Waals surface area contributed by atoms with Gasteiger partial charge in [-0.1, -0.05) is 0 Å². The molecule has 0 saturated carbocycles. The zero-order valence-corrected chi connectivity index (χ0v) is 12.6. The maximum absolute atomic E-state index is 12.7. The second-order valence-corrected chi connectivity index (χ2v) is 5.72. The first-order valence-corrected chi connectivity index (χ1v) is 7.39. The highest BCUT2D eigenvalue weighted by atomic mass is 19.4. The number of alkyl halides is 3. The summed E-state index contributed by atoms with van der Waals surface area (Å²) in [5.41, 5.74) is -1.30. The summed E-state index contributed by atoms with van der Waals surface area (Å²) < 4.78 is 44.7. The Morgan fingerprint density at radius 1 is 1.33 bits per heavy atom. The van der Waals surface area contributed by atoms with Crippen molar-refractivity contribution in [2.75, 3.05) is 13.2 Å². The van der Waals surface area contributed by atoms with E-state index in [1.807, 2.05) is 0 Å². The number of halogens is 3. The molecule has 8 heteroatoms. The number of aromatic hydroxyl groups is 1. The van der Waals surface area contributed by atoms with E-state index in [0.717, 1.165) is 18.6 Å². The van der Waals surface area contributed by atoms with Crippen LogP contribution in [-0.4, -0.2) is 27.9 Å². The average Bonchev–Trinajstić information content (AvgIpc) is 3.02. The molecule has 1 aromatic carbocycles. The highest BCUT2D eigenvalue weighted by Gasteiger charge is 2.31. The van der Waals surface area contributed by atoms with Gasteiger partial charge in [0, 0.05) is 30.8 Å². The van der Waals surface area contributed by atoms with Crippen molar-refractivity contribution in [3.63, 3.8) is 0 Å². The van der Waals surface area contributed by atoms with Crippen molar-refractivity contribution in [1.82, 2.24) is 9.55 Å². The predicted octanol–water partition coefficient (Wildman–Crippen LogP) is 2.67. The van der Waals surface area contributed by atoms with Gasteiger partial charge in [-0.05, 0) is 24.6 Å². The summed E-state index contributed by atoms with van der Waals surface area (Å²) in [6, 6.07) is 2.52. The largest absolute Gasteiger partial charge is 0.507 e. The lowest BCUT2D eigenvalue weighted by molar-refractivity contribution is -0.137. The molecule has 1 aliphatic rings. The number of hydrogen-bond donors (Lipinski definition) is 1. The highest BCUT2D eigenvalue weighted by molar-refractivity contribution is 5.69. The average molecular weight is 340 g/mol. The first-order chi connectivity index (χ1) is 11.4. The first-order valence-electron chi connectivity index (χ1n) is 7.39. The molecule has 1 fully saturated rings. The van der Waals surface area contributed by atoms with E-state index in [9.17, 15) is 23.1 Å². The van der Waals surface area contributed by atoms with Gasteiger partial charge in [-0.15, -0.1) is 0 Å². The second kappa shape index (κ2) is 6.27. The molecule has 5 nitrogen and oxygen atoms in total. The molecule has 1 aromatic heterocycles. The third kappa shape index (κ3) is 3.28. The third-order valence-electron chi connectivity index (χ3n) is 4.00. The topological polar surface area (TPSA) is 64.3 Å². The predicted molar refractivity (Wildman–Crippen MR) is 79.5 cm³/mol. The molecule has 0 spiro atoms. The minimum atomic E-state index is -4.56. The number of nitrogens with zero attached hydrogens (tertiary/aromatic N) is 2. The molecule has 1 aliphatic heterocycles. The van der Waals surface area contributed by atoms with E-state index in [0.29, 0.717) is 25.8 Å². The number of aromatic nitrogens is 2. The summed E-state index contributed by atoms with van der Waals surface area (Å²) in [6.45, 7) is 1.62. The number of phenols is 1. The molecule has 1 saturated heterocycles. The Morgan fingerprint density at radius 3 is 2.75 bits per heavy atom. The second-order valence-electron chi connectivity index (χ2n) is 5.72. The first kappa shape index (κ1) is 16.5. The van der Waals surface area contributed by atoms with Crippen LogP contribution in [0.1, 0.15) is 12.0 Å². The molecule has 0 radical (unpaired) electrons. The lowest BCUT2D eigenvalue weighted by Crippen LogP contribution is -2.25. The Hall–Kier alpha value is -2.35. The van der Waals surface area contributed by atoms with Crippen molar-refractivity contribution < 1.29 is 23.0 Å².